The van der Waals surface area contributed by atoms with Crippen LogP contribution in [0.4, 0.5) is 5.00 Å². The molecule has 0 radical (unpaired) electrons. The third-order valence-electron chi connectivity index (χ3n) is 4.94. The molecule has 0 atom stereocenters. The maximum atomic E-state index is 12.8. The van der Waals surface area contributed by atoms with Gasteiger partial charge in [-0.05, 0) is 44.4 Å². The van der Waals surface area contributed by atoms with Gasteiger partial charge < -0.3 is 10.1 Å². The van der Waals surface area contributed by atoms with E-state index in [1.807, 2.05) is 54.1 Å². The molecule has 154 valence electrons. The van der Waals surface area contributed by atoms with Crippen LogP contribution in [0, 0.1) is 20.8 Å². The van der Waals surface area contributed by atoms with E-state index in [9.17, 15) is 9.59 Å². The predicted octanol–water partition coefficient (Wildman–Crippen LogP) is 5.48. The van der Waals surface area contributed by atoms with Gasteiger partial charge in [-0.2, -0.15) is 0 Å². The molecule has 6 nitrogen and oxygen atoms in total. The summed E-state index contributed by atoms with van der Waals surface area (Å²) < 4.78 is 7.16. The topological polar surface area (TPSA) is 72.7 Å². The molecule has 4 aromatic rings. The first-order valence-corrected chi connectivity index (χ1v) is 11.3. The summed E-state index contributed by atoms with van der Waals surface area (Å²) in [7, 11) is 0. The van der Waals surface area contributed by atoms with Crippen LogP contribution in [0.15, 0.2) is 35.2 Å². The third-order valence-corrected chi connectivity index (χ3v) is 6.79. The summed E-state index contributed by atoms with van der Waals surface area (Å²) in [5.74, 6) is -0.812. The quantitative estimate of drug-likeness (QED) is 0.418. The highest BCUT2D eigenvalue weighted by Gasteiger charge is 2.24. The van der Waals surface area contributed by atoms with Crippen molar-refractivity contribution in [2.45, 2.75) is 27.7 Å². The Hall–Kier alpha value is -2.97. The van der Waals surface area contributed by atoms with Crippen LogP contribution < -0.4 is 5.32 Å². The van der Waals surface area contributed by atoms with Gasteiger partial charge in [0.15, 0.2) is 4.96 Å². The summed E-state index contributed by atoms with van der Waals surface area (Å²) in [6.45, 7) is 8.05. The van der Waals surface area contributed by atoms with Gasteiger partial charge in [0.05, 0.1) is 6.61 Å². The van der Waals surface area contributed by atoms with Gasteiger partial charge in [0.2, 0.25) is 0 Å². The summed E-state index contributed by atoms with van der Waals surface area (Å²) in [5, 5.41) is 7.18. The molecule has 0 fully saturated rings. The molecule has 0 spiro atoms. The molecule has 0 bridgehead atoms. The molecule has 0 saturated carbocycles. The fourth-order valence-corrected chi connectivity index (χ4v) is 4.95. The van der Waals surface area contributed by atoms with E-state index >= 15 is 0 Å². The normalized spacial score (nSPS) is 11.1. The molecule has 0 aliphatic rings. The van der Waals surface area contributed by atoms with Gasteiger partial charge in [-0.1, -0.05) is 18.2 Å². The number of anilines is 1. The molecule has 1 amide bonds. The van der Waals surface area contributed by atoms with E-state index in [0.29, 0.717) is 16.3 Å². The molecule has 0 aliphatic carbocycles. The van der Waals surface area contributed by atoms with Crippen molar-refractivity contribution in [1.82, 2.24) is 9.38 Å². The van der Waals surface area contributed by atoms with Crippen LogP contribution in [0.3, 0.4) is 0 Å². The first-order valence-electron chi connectivity index (χ1n) is 9.49. The molecule has 0 unspecified atom stereocenters. The van der Waals surface area contributed by atoms with E-state index < -0.39 is 5.97 Å². The van der Waals surface area contributed by atoms with Crippen molar-refractivity contribution in [3.63, 3.8) is 0 Å². The molecule has 3 heterocycles. The number of ether oxygens (including phenoxy) is 1. The Balaban J connectivity index is 1.71. The second kappa shape index (κ2) is 8.04. The highest BCUT2D eigenvalue weighted by Crippen LogP contribution is 2.37. The number of thiophene rings is 1. The van der Waals surface area contributed by atoms with Gasteiger partial charge in [-0.15, -0.1) is 22.7 Å². The lowest BCUT2D eigenvalue weighted by atomic mass is 9.99. The maximum absolute atomic E-state index is 12.8. The molecule has 0 saturated heterocycles. The Kier molecular flexibility index (Phi) is 5.44. The van der Waals surface area contributed by atoms with E-state index in [-0.39, 0.29) is 12.5 Å². The number of amides is 1. The molecular formula is C22H21N3O3S2. The van der Waals surface area contributed by atoms with Crippen molar-refractivity contribution in [3.05, 3.63) is 63.2 Å². The van der Waals surface area contributed by atoms with Gasteiger partial charge in [0.25, 0.3) is 5.91 Å². The van der Waals surface area contributed by atoms with E-state index in [2.05, 4.69) is 10.3 Å². The summed E-state index contributed by atoms with van der Waals surface area (Å²) in [6.07, 6.45) is 1.71. The van der Waals surface area contributed by atoms with Gasteiger partial charge in [-0.3, -0.25) is 9.20 Å². The average Bonchev–Trinajstić information content (AvgIpc) is 3.40. The number of aryl methyl sites for hydroxylation is 3. The molecule has 8 heteroatoms. The Morgan fingerprint density at radius 2 is 1.93 bits per heavy atom. The minimum atomic E-state index is -0.455. The Morgan fingerprint density at radius 1 is 1.13 bits per heavy atom. The third kappa shape index (κ3) is 3.64. The fourth-order valence-electron chi connectivity index (χ4n) is 3.15. The lowest BCUT2D eigenvalue weighted by Gasteiger charge is -2.09. The van der Waals surface area contributed by atoms with Crippen molar-refractivity contribution in [3.8, 4) is 11.1 Å². The molecule has 0 aliphatic heterocycles. The van der Waals surface area contributed by atoms with E-state index in [0.717, 1.165) is 27.3 Å². The lowest BCUT2D eigenvalue weighted by Crippen LogP contribution is -2.15. The van der Waals surface area contributed by atoms with Gasteiger partial charge in [-0.25, -0.2) is 9.78 Å². The van der Waals surface area contributed by atoms with Crippen LogP contribution in [-0.4, -0.2) is 27.9 Å². The van der Waals surface area contributed by atoms with Gasteiger partial charge in [0, 0.05) is 28.2 Å². The second-order valence-corrected chi connectivity index (χ2v) is 8.70. The monoisotopic (exact) mass is 439 g/mol. The Labute approximate surface area is 182 Å². The van der Waals surface area contributed by atoms with Crippen molar-refractivity contribution >= 4 is 44.5 Å². The summed E-state index contributed by atoms with van der Waals surface area (Å²) >= 11 is 2.78. The SMILES string of the molecule is CCOC(=O)c1c(-c2ccc(C)c(C)c2)csc1NC(=O)c1cn2c(C)csc2n1. The number of imidazole rings is 1. The number of hydrogen-bond donors (Lipinski definition) is 1. The minimum absolute atomic E-state index is 0.255. The minimum Gasteiger partial charge on any atom is -0.462 e. The number of aromatic nitrogens is 2. The molecular weight excluding hydrogens is 418 g/mol. The summed E-state index contributed by atoms with van der Waals surface area (Å²) in [5.41, 5.74) is 5.66. The Bertz CT molecular complexity index is 1270. The molecule has 1 N–H and O–H groups in total. The largest absolute Gasteiger partial charge is 0.462 e. The van der Waals surface area contributed by atoms with E-state index in [1.54, 1.807) is 13.1 Å². The first-order chi connectivity index (χ1) is 14.4. The summed E-state index contributed by atoms with van der Waals surface area (Å²) in [6, 6.07) is 6.04. The number of nitrogens with one attached hydrogen (secondary N) is 1. The zero-order valence-electron chi connectivity index (χ0n) is 17.1. The first kappa shape index (κ1) is 20.3. The number of hydrogen-bond acceptors (Lipinski definition) is 6. The maximum Gasteiger partial charge on any atom is 0.341 e. The Morgan fingerprint density at radius 3 is 2.63 bits per heavy atom. The standard InChI is InChI=1S/C22H21N3O3S2/c1-5-28-21(27)18-16(15-7-6-12(2)13(3)8-15)11-29-20(18)24-19(26)17-9-25-14(4)10-30-22(25)23-17/h6-11H,5H2,1-4H3,(H,24,26). The number of esters is 1. The van der Waals surface area contributed by atoms with Crippen molar-refractivity contribution in [2.75, 3.05) is 11.9 Å². The highest BCUT2D eigenvalue weighted by molar-refractivity contribution is 7.15. The number of rotatable bonds is 5. The highest BCUT2D eigenvalue weighted by atomic mass is 32.1. The number of carbonyl (C=O) groups excluding carboxylic acids is 2. The fraction of sp³-hybridized carbons (Fsp3) is 0.227. The van der Waals surface area contributed by atoms with Gasteiger partial charge >= 0.3 is 5.97 Å². The zero-order chi connectivity index (χ0) is 21.4. The molecule has 1 aromatic carbocycles. The van der Waals surface area contributed by atoms with E-state index in [1.165, 1.54) is 28.2 Å². The average molecular weight is 440 g/mol. The van der Waals surface area contributed by atoms with Crippen molar-refractivity contribution in [1.29, 1.82) is 0 Å². The molecule has 3 aromatic heterocycles. The predicted molar refractivity (Wildman–Crippen MR) is 121 cm³/mol. The van der Waals surface area contributed by atoms with Crippen molar-refractivity contribution < 1.29 is 14.3 Å². The summed E-state index contributed by atoms with van der Waals surface area (Å²) in [4.78, 5) is 30.7. The van der Waals surface area contributed by atoms with Crippen LogP contribution in [0.1, 0.15) is 44.6 Å². The second-order valence-electron chi connectivity index (χ2n) is 6.98. The van der Waals surface area contributed by atoms with Crippen LogP contribution in [0.5, 0.6) is 0 Å². The van der Waals surface area contributed by atoms with Crippen LogP contribution in [0.25, 0.3) is 16.1 Å². The van der Waals surface area contributed by atoms with E-state index in [4.69, 9.17) is 4.74 Å². The van der Waals surface area contributed by atoms with Crippen LogP contribution in [-0.2, 0) is 4.74 Å². The number of carbonyl (C=O) groups is 2. The van der Waals surface area contributed by atoms with Crippen LogP contribution in [0.2, 0.25) is 0 Å². The number of nitrogens with zero attached hydrogens (tertiary/aromatic N) is 2. The molecule has 30 heavy (non-hydrogen) atoms. The molecule has 4 rings (SSSR count). The number of benzene rings is 1. The van der Waals surface area contributed by atoms with Crippen molar-refractivity contribution in [2.24, 2.45) is 0 Å². The number of fused-ring (bicyclic) bond motifs is 1. The number of thiazole rings is 1. The zero-order valence-corrected chi connectivity index (χ0v) is 18.7. The lowest BCUT2D eigenvalue weighted by molar-refractivity contribution is 0.0529. The van der Waals surface area contributed by atoms with Gasteiger partial charge in [0.1, 0.15) is 16.3 Å². The van der Waals surface area contributed by atoms with Crippen LogP contribution >= 0.6 is 22.7 Å². The smallest absolute Gasteiger partial charge is 0.341 e.